The standard InChI is InChI=1S/C22H42S/c1-20(2,3)18-12-16-10-9-11-19(14-17(16)13-18)23-15-22(7,8)21(4,5)6/h16-19H,9-15H2,1-8H3. The van der Waals surface area contributed by atoms with Crippen LogP contribution in [0.2, 0.25) is 0 Å². The maximum Gasteiger partial charge on any atom is 0.00500 e. The number of thioether (sulfide) groups is 1. The van der Waals surface area contributed by atoms with E-state index in [4.69, 9.17) is 0 Å². The Morgan fingerprint density at radius 3 is 1.96 bits per heavy atom. The van der Waals surface area contributed by atoms with Gasteiger partial charge in [0.2, 0.25) is 0 Å². The zero-order valence-corrected chi connectivity index (χ0v) is 18.0. The normalized spacial score (nSPS) is 33.4. The molecule has 0 aliphatic heterocycles. The van der Waals surface area contributed by atoms with Gasteiger partial charge < -0.3 is 0 Å². The minimum absolute atomic E-state index is 0.401. The van der Waals surface area contributed by atoms with Crippen molar-refractivity contribution in [2.75, 3.05) is 5.75 Å². The van der Waals surface area contributed by atoms with Crippen LogP contribution < -0.4 is 0 Å². The van der Waals surface area contributed by atoms with Crippen molar-refractivity contribution >= 4 is 11.8 Å². The molecular formula is C22H42S. The molecule has 0 heterocycles. The molecular weight excluding hydrogens is 296 g/mol. The predicted molar refractivity (Wildman–Crippen MR) is 107 cm³/mol. The highest BCUT2D eigenvalue weighted by Gasteiger charge is 2.41. The van der Waals surface area contributed by atoms with Gasteiger partial charge in [0, 0.05) is 5.25 Å². The van der Waals surface area contributed by atoms with E-state index in [1.165, 1.54) is 44.3 Å². The van der Waals surface area contributed by atoms with Crippen molar-refractivity contribution in [1.29, 1.82) is 0 Å². The van der Waals surface area contributed by atoms with E-state index in [2.05, 4.69) is 67.2 Å². The lowest BCUT2D eigenvalue weighted by Gasteiger charge is -2.39. The van der Waals surface area contributed by atoms with Gasteiger partial charge in [-0.05, 0) is 65.4 Å². The van der Waals surface area contributed by atoms with E-state index in [-0.39, 0.29) is 0 Å². The number of hydrogen-bond acceptors (Lipinski definition) is 1. The minimum Gasteiger partial charge on any atom is -0.158 e. The Morgan fingerprint density at radius 1 is 0.783 bits per heavy atom. The van der Waals surface area contributed by atoms with E-state index < -0.39 is 0 Å². The fraction of sp³-hybridized carbons (Fsp3) is 1.00. The van der Waals surface area contributed by atoms with Gasteiger partial charge in [-0.3, -0.25) is 0 Å². The van der Waals surface area contributed by atoms with Crippen molar-refractivity contribution in [3.8, 4) is 0 Å². The van der Waals surface area contributed by atoms with Crippen LogP contribution in [-0.4, -0.2) is 11.0 Å². The number of fused-ring (bicyclic) bond motifs is 1. The van der Waals surface area contributed by atoms with Crippen LogP contribution in [0, 0.1) is 34.0 Å². The van der Waals surface area contributed by atoms with Crippen molar-refractivity contribution in [2.24, 2.45) is 34.0 Å². The molecule has 2 aliphatic carbocycles. The molecule has 2 fully saturated rings. The van der Waals surface area contributed by atoms with Crippen LogP contribution in [0.1, 0.15) is 93.9 Å². The van der Waals surface area contributed by atoms with E-state index in [0.29, 0.717) is 16.2 Å². The Hall–Kier alpha value is 0.350. The molecule has 1 heteroatoms. The van der Waals surface area contributed by atoms with Gasteiger partial charge >= 0.3 is 0 Å². The van der Waals surface area contributed by atoms with Crippen LogP contribution in [0.25, 0.3) is 0 Å². The molecule has 0 spiro atoms. The average Bonchev–Trinajstić information content (AvgIpc) is 2.68. The Labute approximate surface area is 151 Å². The Kier molecular flexibility index (Phi) is 5.92. The van der Waals surface area contributed by atoms with E-state index in [0.717, 1.165) is 23.0 Å². The first-order valence-electron chi connectivity index (χ1n) is 10.0. The van der Waals surface area contributed by atoms with Gasteiger partial charge in [-0.15, -0.1) is 0 Å². The van der Waals surface area contributed by atoms with Crippen molar-refractivity contribution in [3.63, 3.8) is 0 Å². The van der Waals surface area contributed by atoms with Crippen molar-refractivity contribution in [1.82, 2.24) is 0 Å². The predicted octanol–water partition coefficient (Wildman–Crippen LogP) is 7.42. The summed E-state index contributed by atoms with van der Waals surface area (Å²) in [6.45, 7) is 19.5. The molecule has 2 saturated carbocycles. The second kappa shape index (κ2) is 6.93. The zero-order valence-electron chi connectivity index (χ0n) is 17.2. The Balaban J connectivity index is 1.92. The van der Waals surface area contributed by atoms with Crippen molar-refractivity contribution in [3.05, 3.63) is 0 Å². The molecule has 23 heavy (non-hydrogen) atoms. The van der Waals surface area contributed by atoms with Gasteiger partial charge in [0.25, 0.3) is 0 Å². The third kappa shape index (κ3) is 4.93. The highest BCUT2D eigenvalue weighted by Crippen LogP contribution is 2.52. The van der Waals surface area contributed by atoms with Crippen LogP contribution in [0.3, 0.4) is 0 Å². The minimum atomic E-state index is 0.401. The first kappa shape index (κ1) is 19.7. The van der Waals surface area contributed by atoms with Crippen LogP contribution in [0.15, 0.2) is 0 Å². The van der Waals surface area contributed by atoms with Crippen LogP contribution >= 0.6 is 11.8 Å². The van der Waals surface area contributed by atoms with Gasteiger partial charge in [-0.1, -0.05) is 68.2 Å². The molecule has 2 aliphatic rings. The highest BCUT2D eigenvalue weighted by atomic mass is 32.2. The van der Waals surface area contributed by atoms with E-state index >= 15 is 0 Å². The molecule has 0 aromatic heterocycles. The Morgan fingerprint density at radius 2 is 1.39 bits per heavy atom. The number of hydrogen-bond donors (Lipinski definition) is 0. The van der Waals surface area contributed by atoms with Crippen molar-refractivity contribution in [2.45, 2.75) is 99.2 Å². The lowest BCUT2D eigenvalue weighted by molar-refractivity contribution is 0.162. The summed E-state index contributed by atoms with van der Waals surface area (Å²) in [6.07, 6.45) is 8.98. The molecule has 0 aromatic rings. The summed E-state index contributed by atoms with van der Waals surface area (Å²) >= 11 is 2.30. The molecule has 2 rings (SSSR count). The zero-order chi connectivity index (χ0) is 17.5. The van der Waals surface area contributed by atoms with E-state index in [9.17, 15) is 0 Å². The molecule has 136 valence electrons. The lowest BCUT2D eigenvalue weighted by atomic mass is 9.71. The van der Waals surface area contributed by atoms with Crippen LogP contribution in [-0.2, 0) is 0 Å². The van der Waals surface area contributed by atoms with Gasteiger partial charge in [0.05, 0.1) is 0 Å². The highest BCUT2D eigenvalue weighted by molar-refractivity contribution is 7.99. The molecule has 0 nitrogen and oxygen atoms in total. The smallest absolute Gasteiger partial charge is 0.00500 e. The summed E-state index contributed by atoms with van der Waals surface area (Å²) in [5.74, 6) is 4.35. The molecule has 0 radical (unpaired) electrons. The molecule has 0 N–H and O–H groups in total. The lowest BCUT2D eigenvalue weighted by Crippen LogP contribution is -2.32. The maximum absolute atomic E-state index is 2.46. The van der Waals surface area contributed by atoms with E-state index in [1.807, 2.05) is 0 Å². The summed E-state index contributed by atoms with van der Waals surface area (Å²) in [5.41, 5.74) is 1.34. The summed E-state index contributed by atoms with van der Waals surface area (Å²) < 4.78 is 0. The second-order valence-electron chi connectivity index (χ2n) is 11.3. The van der Waals surface area contributed by atoms with Gasteiger partial charge in [0.15, 0.2) is 0 Å². The second-order valence-corrected chi connectivity index (χ2v) is 12.6. The largest absolute Gasteiger partial charge is 0.158 e. The molecule has 0 bridgehead atoms. The average molecular weight is 339 g/mol. The van der Waals surface area contributed by atoms with Crippen LogP contribution in [0.5, 0.6) is 0 Å². The third-order valence-electron chi connectivity index (χ3n) is 7.44. The molecule has 4 unspecified atom stereocenters. The topological polar surface area (TPSA) is 0 Å². The van der Waals surface area contributed by atoms with Gasteiger partial charge in [0.1, 0.15) is 0 Å². The monoisotopic (exact) mass is 338 g/mol. The van der Waals surface area contributed by atoms with E-state index in [1.54, 1.807) is 0 Å². The molecule has 0 aromatic carbocycles. The maximum atomic E-state index is 2.46. The fourth-order valence-electron chi connectivity index (χ4n) is 4.32. The number of rotatable bonds is 3. The molecule has 0 amide bonds. The third-order valence-corrected chi connectivity index (χ3v) is 9.23. The quantitative estimate of drug-likeness (QED) is 0.515. The van der Waals surface area contributed by atoms with Crippen molar-refractivity contribution < 1.29 is 0 Å². The Bertz CT molecular complexity index is 382. The van der Waals surface area contributed by atoms with Crippen LogP contribution in [0.4, 0.5) is 0 Å². The van der Waals surface area contributed by atoms with Gasteiger partial charge in [-0.25, -0.2) is 0 Å². The first-order valence-corrected chi connectivity index (χ1v) is 11.1. The first-order chi connectivity index (χ1) is 10.4. The fourth-order valence-corrected chi connectivity index (χ4v) is 6.12. The van der Waals surface area contributed by atoms with Gasteiger partial charge in [-0.2, -0.15) is 11.8 Å². The summed E-state index contributed by atoms with van der Waals surface area (Å²) in [5, 5.41) is 0.922. The summed E-state index contributed by atoms with van der Waals surface area (Å²) in [6, 6.07) is 0. The SMILES string of the molecule is CC(C)(C)C1CC2CCCC(SCC(C)(C)C(C)(C)C)CC2C1. The summed E-state index contributed by atoms with van der Waals surface area (Å²) in [7, 11) is 0. The molecule has 4 atom stereocenters. The molecule has 0 saturated heterocycles. The summed E-state index contributed by atoms with van der Waals surface area (Å²) in [4.78, 5) is 0.